The highest BCUT2D eigenvalue weighted by atomic mass is 16.3. The van der Waals surface area contributed by atoms with Gasteiger partial charge in [0.15, 0.2) is 0 Å². The number of fused-ring (bicyclic) bond motifs is 1. The van der Waals surface area contributed by atoms with E-state index in [1.54, 1.807) is 0 Å². The van der Waals surface area contributed by atoms with Crippen LogP contribution in [0.15, 0.2) is 78.9 Å². The van der Waals surface area contributed by atoms with E-state index in [0.29, 0.717) is 5.75 Å². The molecular weight excluding hydrogens is 452 g/mol. The third-order valence-corrected chi connectivity index (χ3v) is 8.07. The Bertz CT molecular complexity index is 1110. The highest BCUT2D eigenvalue weighted by molar-refractivity contribution is 5.79. The normalized spacial score (nSPS) is 16.6. The van der Waals surface area contributed by atoms with Gasteiger partial charge in [-0.2, -0.15) is 0 Å². The average Bonchev–Trinajstić information content (AvgIpc) is 3.22. The SMILES string of the molecule is Oc1c(CN2CCCCCC2)ccc2c1CCN(CCCCC=C(c1ccccc1)c1ccccc1)C2. The number of rotatable bonds is 9. The number of unbranched alkanes of at least 4 members (excludes halogenated alkanes) is 2. The van der Waals surface area contributed by atoms with Crippen molar-refractivity contribution in [1.29, 1.82) is 0 Å². The molecule has 3 nitrogen and oxygen atoms in total. The van der Waals surface area contributed by atoms with Gasteiger partial charge in [-0.15, -0.1) is 0 Å². The van der Waals surface area contributed by atoms with Crippen molar-refractivity contribution in [2.45, 2.75) is 64.5 Å². The lowest BCUT2D eigenvalue weighted by atomic mass is 9.95. The van der Waals surface area contributed by atoms with Crippen LogP contribution in [0.1, 0.15) is 72.8 Å². The molecule has 0 aliphatic carbocycles. The third-order valence-electron chi connectivity index (χ3n) is 8.07. The molecule has 0 bridgehead atoms. The molecule has 0 spiro atoms. The Balaban J connectivity index is 1.13. The van der Waals surface area contributed by atoms with Gasteiger partial charge in [0.25, 0.3) is 0 Å². The molecule has 1 saturated heterocycles. The fourth-order valence-corrected chi connectivity index (χ4v) is 5.96. The molecule has 3 aromatic rings. The lowest BCUT2D eigenvalue weighted by Gasteiger charge is -2.30. The molecule has 1 N–H and O–H groups in total. The van der Waals surface area contributed by atoms with Crippen molar-refractivity contribution < 1.29 is 5.11 Å². The highest BCUT2D eigenvalue weighted by Crippen LogP contribution is 2.32. The first-order chi connectivity index (χ1) is 18.3. The lowest BCUT2D eigenvalue weighted by molar-refractivity contribution is 0.245. The first-order valence-electron chi connectivity index (χ1n) is 14.4. The van der Waals surface area contributed by atoms with Crippen molar-refractivity contribution in [2.75, 3.05) is 26.2 Å². The van der Waals surface area contributed by atoms with Crippen LogP contribution in [0.4, 0.5) is 0 Å². The van der Waals surface area contributed by atoms with E-state index in [4.69, 9.17) is 0 Å². The summed E-state index contributed by atoms with van der Waals surface area (Å²) in [7, 11) is 0. The summed E-state index contributed by atoms with van der Waals surface area (Å²) in [6.45, 7) is 6.35. The smallest absolute Gasteiger partial charge is 0.123 e. The maximum Gasteiger partial charge on any atom is 0.123 e. The zero-order valence-electron chi connectivity index (χ0n) is 22.2. The molecule has 0 aromatic heterocycles. The first-order valence-corrected chi connectivity index (χ1v) is 14.4. The minimum absolute atomic E-state index is 0.570. The summed E-state index contributed by atoms with van der Waals surface area (Å²) in [5.41, 5.74) is 7.54. The predicted octanol–water partition coefficient (Wildman–Crippen LogP) is 7.43. The van der Waals surface area contributed by atoms with Gasteiger partial charge < -0.3 is 5.11 Å². The monoisotopic (exact) mass is 494 g/mol. The average molecular weight is 495 g/mol. The molecular formula is C34H42N2O. The molecule has 0 atom stereocenters. The van der Waals surface area contributed by atoms with Gasteiger partial charge in [0.2, 0.25) is 0 Å². The Labute approximate surface area is 223 Å². The molecule has 5 rings (SSSR count). The largest absolute Gasteiger partial charge is 0.507 e. The van der Waals surface area contributed by atoms with Crippen LogP contribution >= 0.6 is 0 Å². The van der Waals surface area contributed by atoms with Gasteiger partial charge >= 0.3 is 0 Å². The van der Waals surface area contributed by atoms with Crippen LogP contribution in [-0.4, -0.2) is 41.1 Å². The summed E-state index contributed by atoms with van der Waals surface area (Å²) in [6, 6.07) is 25.9. The van der Waals surface area contributed by atoms with Crippen LogP contribution in [0.2, 0.25) is 0 Å². The quantitative estimate of drug-likeness (QED) is 0.313. The van der Waals surface area contributed by atoms with Crippen LogP contribution in [0.3, 0.4) is 0 Å². The summed E-state index contributed by atoms with van der Waals surface area (Å²) >= 11 is 0. The van der Waals surface area contributed by atoms with E-state index >= 15 is 0 Å². The molecule has 2 heterocycles. The van der Waals surface area contributed by atoms with Crippen LogP contribution < -0.4 is 0 Å². The third kappa shape index (κ3) is 6.91. The van der Waals surface area contributed by atoms with Crippen LogP contribution in [0, 0.1) is 0 Å². The van der Waals surface area contributed by atoms with Gasteiger partial charge in [0.1, 0.15) is 5.75 Å². The Morgan fingerprint density at radius 2 is 1.41 bits per heavy atom. The van der Waals surface area contributed by atoms with Crippen LogP contribution in [0.25, 0.3) is 5.57 Å². The summed E-state index contributed by atoms with van der Waals surface area (Å²) in [5.74, 6) is 0.570. The van der Waals surface area contributed by atoms with E-state index in [1.165, 1.54) is 66.4 Å². The fourth-order valence-electron chi connectivity index (χ4n) is 5.96. The van der Waals surface area contributed by atoms with Crippen LogP contribution in [-0.2, 0) is 19.5 Å². The van der Waals surface area contributed by atoms with Crippen molar-refractivity contribution >= 4 is 5.57 Å². The molecule has 0 radical (unpaired) electrons. The molecule has 0 amide bonds. The molecule has 0 saturated carbocycles. The van der Waals surface area contributed by atoms with Crippen LogP contribution in [0.5, 0.6) is 5.75 Å². The van der Waals surface area contributed by atoms with Gasteiger partial charge in [-0.05, 0) is 86.0 Å². The van der Waals surface area contributed by atoms with Crippen molar-refractivity contribution in [3.63, 3.8) is 0 Å². The number of nitrogens with zero attached hydrogens (tertiary/aromatic N) is 2. The Kier molecular flexibility index (Phi) is 9.10. The molecule has 37 heavy (non-hydrogen) atoms. The van der Waals surface area contributed by atoms with E-state index in [1.807, 2.05) is 0 Å². The van der Waals surface area contributed by atoms with Gasteiger partial charge in [0.05, 0.1) is 0 Å². The van der Waals surface area contributed by atoms with E-state index in [0.717, 1.165) is 57.7 Å². The zero-order valence-corrected chi connectivity index (χ0v) is 22.2. The van der Waals surface area contributed by atoms with Gasteiger partial charge in [-0.25, -0.2) is 0 Å². The molecule has 1 fully saturated rings. The minimum atomic E-state index is 0.570. The lowest BCUT2D eigenvalue weighted by Crippen LogP contribution is -2.31. The highest BCUT2D eigenvalue weighted by Gasteiger charge is 2.21. The molecule has 0 unspecified atom stereocenters. The second-order valence-corrected chi connectivity index (χ2v) is 10.8. The van der Waals surface area contributed by atoms with E-state index in [9.17, 15) is 5.11 Å². The standard InChI is InChI=1S/C34H42N2O/c37-34-31(27-35-22-11-1-2-12-23-35)20-19-30-26-36(25-21-33(30)34)24-13-5-10-18-32(28-14-6-3-7-15-28)29-16-8-4-9-17-29/h3-4,6-9,14-20,37H,1-2,5,10-13,21-27H2. The van der Waals surface area contributed by atoms with Crippen molar-refractivity contribution in [2.24, 2.45) is 0 Å². The Morgan fingerprint density at radius 1 is 0.730 bits per heavy atom. The first kappa shape index (κ1) is 25.8. The van der Waals surface area contributed by atoms with Gasteiger partial charge in [-0.3, -0.25) is 9.80 Å². The molecule has 194 valence electrons. The van der Waals surface area contributed by atoms with Crippen molar-refractivity contribution in [3.05, 3.63) is 107 Å². The van der Waals surface area contributed by atoms with Crippen molar-refractivity contribution in [3.8, 4) is 5.75 Å². The molecule has 3 heteroatoms. The summed E-state index contributed by atoms with van der Waals surface area (Å²) < 4.78 is 0. The number of allylic oxidation sites excluding steroid dienone is 1. The summed E-state index contributed by atoms with van der Waals surface area (Å²) in [6.07, 6.45) is 12.1. The van der Waals surface area contributed by atoms with E-state index in [2.05, 4.69) is 88.7 Å². The van der Waals surface area contributed by atoms with Gasteiger partial charge in [-0.1, -0.05) is 91.7 Å². The number of hydrogen-bond acceptors (Lipinski definition) is 3. The van der Waals surface area contributed by atoms with Crippen molar-refractivity contribution in [1.82, 2.24) is 9.80 Å². The Morgan fingerprint density at radius 3 is 2.08 bits per heavy atom. The van der Waals surface area contributed by atoms with Gasteiger partial charge in [0, 0.05) is 25.2 Å². The maximum absolute atomic E-state index is 11.1. The number of benzene rings is 3. The number of hydrogen-bond donors (Lipinski definition) is 1. The maximum atomic E-state index is 11.1. The number of phenols is 1. The second-order valence-electron chi connectivity index (χ2n) is 10.8. The zero-order chi connectivity index (χ0) is 25.3. The minimum Gasteiger partial charge on any atom is -0.507 e. The summed E-state index contributed by atoms with van der Waals surface area (Å²) in [5, 5.41) is 11.1. The Hall–Kier alpha value is -2.88. The molecule has 2 aliphatic heterocycles. The van der Waals surface area contributed by atoms with E-state index in [-0.39, 0.29) is 0 Å². The summed E-state index contributed by atoms with van der Waals surface area (Å²) in [4.78, 5) is 5.09. The number of aromatic hydroxyl groups is 1. The predicted molar refractivity (Wildman–Crippen MR) is 155 cm³/mol. The molecule has 2 aliphatic rings. The second kappa shape index (κ2) is 13.1. The number of likely N-dealkylation sites (tertiary alicyclic amines) is 1. The fraction of sp³-hybridized carbons (Fsp3) is 0.412. The topological polar surface area (TPSA) is 26.7 Å². The molecule has 3 aromatic carbocycles. The van der Waals surface area contributed by atoms with E-state index < -0.39 is 0 Å². The number of phenolic OH excluding ortho intramolecular Hbond substituents is 1.